The number of aryl methyl sites for hydroxylation is 1. The van der Waals surface area contributed by atoms with Crippen LogP contribution >= 0.6 is 11.6 Å². The average molecular weight is 185 g/mol. The fourth-order valence-electron chi connectivity index (χ4n) is 0.976. The molecule has 1 rings (SSSR count). The summed E-state index contributed by atoms with van der Waals surface area (Å²) in [6, 6.07) is 5.67. The monoisotopic (exact) mass is 184 g/mol. The normalized spacial score (nSPS) is 13.0. The first-order valence-electron chi connectivity index (χ1n) is 3.87. The van der Waals surface area contributed by atoms with E-state index >= 15 is 0 Å². The molecular weight excluding hydrogens is 172 g/mol. The van der Waals surface area contributed by atoms with Gasteiger partial charge in [-0.25, -0.2) is 0 Å². The Morgan fingerprint density at radius 2 is 2.17 bits per heavy atom. The molecule has 1 aromatic carbocycles. The molecule has 4 N–H and O–H groups in total. The maximum Gasteiger partial charge on any atom is 0.0438 e. The maximum atomic E-state index is 5.92. The van der Waals surface area contributed by atoms with Gasteiger partial charge in [-0.3, -0.25) is 0 Å². The Morgan fingerprint density at radius 1 is 1.50 bits per heavy atom. The molecule has 0 aliphatic carbocycles. The van der Waals surface area contributed by atoms with Gasteiger partial charge >= 0.3 is 0 Å². The maximum absolute atomic E-state index is 5.92. The third-order valence-corrected chi connectivity index (χ3v) is 2.29. The molecule has 0 aromatic heterocycles. The average Bonchev–Trinajstić information content (AvgIpc) is 2.08. The zero-order valence-electron chi connectivity index (χ0n) is 7.05. The number of benzene rings is 1. The largest absolute Gasteiger partial charge is 0.329 e. The lowest BCUT2D eigenvalue weighted by Gasteiger charge is -2.09. The highest BCUT2D eigenvalue weighted by Gasteiger charge is 2.04. The van der Waals surface area contributed by atoms with Crippen LogP contribution in [0.2, 0.25) is 5.02 Å². The van der Waals surface area contributed by atoms with Crippen molar-refractivity contribution >= 4 is 11.6 Å². The van der Waals surface area contributed by atoms with Crippen LogP contribution in [-0.4, -0.2) is 6.54 Å². The highest BCUT2D eigenvalue weighted by molar-refractivity contribution is 6.31. The van der Waals surface area contributed by atoms with Crippen molar-refractivity contribution in [3.05, 3.63) is 34.3 Å². The fourth-order valence-corrected chi connectivity index (χ4v) is 1.16. The van der Waals surface area contributed by atoms with Crippen molar-refractivity contribution < 1.29 is 0 Å². The summed E-state index contributed by atoms with van der Waals surface area (Å²) in [7, 11) is 0. The van der Waals surface area contributed by atoms with E-state index in [4.69, 9.17) is 23.1 Å². The first-order valence-corrected chi connectivity index (χ1v) is 4.24. The predicted molar refractivity (Wildman–Crippen MR) is 52.2 cm³/mol. The molecule has 0 saturated carbocycles. The third kappa shape index (κ3) is 1.97. The molecule has 0 fully saturated rings. The summed E-state index contributed by atoms with van der Waals surface area (Å²) >= 11 is 5.92. The van der Waals surface area contributed by atoms with Crippen LogP contribution in [0.25, 0.3) is 0 Å². The standard InChI is InChI=1S/C9H13ClN2/c1-6-2-3-7(4-8(6)10)9(12)5-11/h2-4,9H,5,11-12H2,1H3. The lowest BCUT2D eigenvalue weighted by atomic mass is 10.1. The number of hydrogen-bond acceptors (Lipinski definition) is 2. The third-order valence-electron chi connectivity index (χ3n) is 1.88. The second-order valence-electron chi connectivity index (χ2n) is 2.85. The second kappa shape index (κ2) is 3.90. The van der Waals surface area contributed by atoms with Crippen molar-refractivity contribution in [2.24, 2.45) is 11.5 Å². The van der Waals surface area contributed by atoms with Crippen LogP contribution in [0.4, 0.5) is 0 Å². The van der Waals surface area contributed by atoms with E-state index in [2.05, 4.69) is 0 Å². The molecule has 3 heteroatoms. The van der Waals surface area contributed by atoms with Crippen LogP contribution in [0, 0.1) is 6.92 Å². The van der Waals surface area contributed by atoms with Crippen LogP contribution in [0.3, 0.4) is 0 Å². The minimum absolute atomic E-state index is 0.108. The fraction of sp³-hybridized carbons (Fsp3) is 0.333. The SMILES string of the molecule is Cc1ccc(C(N)CN)cc1Cl. The summed E-state index contributed by atoms with van der Waals surface area (Å²) in [6.45, 7) is 2.40. The summed E-state index contributed by atoms with van der Waals surface area (Å²) in [5.74, 6) is 0. The van der Waals surface area contributed by atoms with Gasteiger partial charge in [0.05, 0.1) is 0 Å². The van der Waals surface area contributed by atoms with Gasteiger partial charge in [-0.1, -0.05) is 23.7 Å². The molecule has 0 bridgehead atoms. The molecule has 2 nitrogen and oxygen atoms in total. The molecule has 0 amide bonds. The molecular formula is C9H13ClN2. The van der Waals surface area contributed by atoms with Gasteiger partial charge in [-0.2, -0.15) is 0 Å². The minimum Gasteiger partial charge on any atom is -0.329 e. The topological polar surface area (TPSA) is 52.0 Å². The van der Waals surface area contributed by atoms with Crippen LogP contribution in [0.15, 0.2) is 18.2 Å². The Morgan fingerprint density at radius 3 is 2.67 bits per heavy atom. The van der Waals surface area contributed by atoms with Crippen LogP contribution < -0.4 is 11.5 Å². The van der Waals surface area contributed by atoms with E-state index in [-0.39, 0.29) is 6.04 Å². The molecule has 0 aliphatic heterocycles. The van der Waals surface area contributed by atoms with Crippen molar-refractivity contribution in [2.45, 2.75) is 13.0 Å². The Kier molecular flexibility index (Phi) is 3.09. The number of halogens is 1. The highest BCUT2D eigenvalue weighted by atomic mass is 35.5. The van der Waals surface area contributed by atoms with Crippen LogP contribution in [-0.2, 0) is 0 Å². The smallest absolute Gasteiger partial charge is 0.0438 e. The lowest BCUT2D eigenvalue weighted by Crippen LogP contribution is -2.20. The molecule has 66 valence electrons. The summed E-state index contributed by atoms with van der Waals surface area (Å²) in [6.07, 6.45) is 0. The first-order chi connectivity index (χ1) is 5.65. The molecule has 12 heavy (non-hydrogen) atoms. The van der Waals surface area contributed by atoms with Gasteiger partial charge in [-0.05, 0) is 24.1 Å². The summed E-state index contributed by atoms with van der Waals surface area (Å²) in [5.41, 5.74) is 13.2. The van der Waals surface area contributed by atoms with E-state index in [1.54, 1.807) is 0 Å². The molecule has 1 unspecified atom stereocenters. The van der Waals surface area contributed by atoms with Gasteiger partial charge in [0.2, 0.25) is 0 Å². The molecule has 0 saturated heterocycles. The van der Waals surface area contributed by atoms with E-state index in [0.29, 0.717) is 6.54 Å². The summed E-state index contributed by atoms with van der Waals surface area (Å²) in [5, 5.41) is 0.747. The summed E-state index contributed by atoms with van der Waals surface area (Å²) < 4.78 is 0. The van der Waals surface area contributed by atoms with Gasteiger partial charge in [0.1, 0.15) is 0 Å². The number of rotatable bonds is 2. The van der Waals surface area contributed by atoms with E-state index in [1.807, 2.05) is 25.1 Å². The molecule has 0 heterocycles. The Balaban J connectivity index is 2.96. The molecule has 1 atom stereocenters. The van der Waals surface area contributed by atoms with Crippen molar-refractivity contribution in [3.8, 4) is 0 Å². The van der Waals surface area contributed by atoms with Crippen LogP contribution in [0.1, 0.15) is 17.2 Å². The zero-order chi connectivity index (χ0) is 9.14. The quantitative estimate of drug-likeness (QED) is 0.734. The molecule has 0 spiro atoms. The molecule has 0 aliphatic rings. The van der Waals surface area contributed by atoms with E-state index in [9.17, 15) is 0 Å². The van der Waals surface area contributed by atoms with E-state index < -0.39 is 0 Å². The lowest BCUT2D eigenvalue weighted by molar-refractivity contribution is 0.737. The molecule has 1 aromatic rings. The Bertz CT molecular complexity index is 273. The first kappa shape index (κ1) is 9.52. The van der Waals surface area contributed by atoms with Crippen molar-refractivity contribution in [2.75, 3.05) is 6.54 Å². The van der Waals surface area contributed by atoms with Crippen molar-refractivity contribution in [3.63, 3.8) is 0 Å². The Labute approximate surface area is 77.5 Å². The summed E-state index contributed by atoms with van der Waals surface area (Å²) in [4.78, 5) is 0. The van der Waals surface area contributed by atoms with Crippen molar-refractivity contribution in [1.29, 1.82) is 0 Å². The molecule has 0 radical (unpaired) electrons. The van der Waals surface area contributed by atoms with E-state index in [1.165, 1.54) is 0 Å². The van der Waals surface area contributed by atoms with Gasteiger partial charge in [0, 0.05) is 17.6 Å². The predicted octanol–water partition coefficient (Wildman–Crippen LogP) is 1.61. The second-order valence-corrected chi connectivity index (χ2v) is 3.26. The van der Waals surface area contributed by atoms with Crippen molar-refractivity contribution in [1.82, 2.24) is 0 Å². The van der Waals surface area contributed by atoms with Gasteiger partial charge in [-0.15, -0.1) is 0 Å². The Hall–Kier alpha value is -0.570. The minimum atomic E-state index is -0.108. The van der Waals surface area contributed by atoms with Gasteiger partial charge < -0.3 is 11.5 Å². The number of nitrogens with two attached hydrogens (primary N) is 2. The zero-order valence-corrected chi connectivity index (χ0v) is 7.81. The van der Waals surface area contributed by atoms with Gasteiger partial charge in [0.25, 0.3) is 0 Å². The van der Waals surface area contributed by atoms with E-state index in [0.717, 1.165) is 16.1 Å². The van der Waals surface area contributed by atoms with Gasteiger partial charge in [0.15, 0.2) is 0 Å². The van der Waals surface area contributed by atoms with Crippen LogP contribution in [0.5, 0.6) is 0 Å². The highest BCUT2D eigenvalue weighted by Crippen LogP contribution is 2.19. The number of hydrogen-bond donors (Lipinski definition) is 2.